The van der Waals surface area contributed by atoms with Crippen LogP contribution in [-0.2, 0) is 16.6 Å². The topological polar surface area (TPSA) is 93.0 Å². The maximum atomic E-state index is 11.6. The molecule has 0 spiro atoms. The molecule has 0 aliphatic carbocycles. The molecule has 0 aromatic heterocycles. The number of nitro groups is 1. The molecule has 2 rings (SSSR count). The highest BCUT2D eigenvalue weighted by atomic mass is 32.2. The van der Waals surface area contributed by atoms with Crippen molar-refractivity contribution in [3.8, 4) is 5.75 Å². The number of ether oxygens (including phenoxy) is 1. The Labute approximate surface area is 135 Å². The highest BCUT2D eigenvalue weighted by molar-refractivity contribution is 7.88. The summed E-state index contributed by atoms with van der Waals surface area (Å²) in [6.45, 7) is 2.73. The van der Waals surface area contributed by atoms with E-state index in [9.17, 15) is 18.5 Å². The first-order valence-corrected chi connectivity index (χ1v) is 9.15. The minimum Gasteiger partial charge on any atom is -0.496 e. The maximum Gasteiger partial charge on any atom is 0.270 e. The van der Waals surface area contributed by atoms with E-state index in [-0.39, 0.29) is 5.69 Å². The summed E-state index contributed by atoms with van der Waals surface area (Å²) in [5.41, 5.74) is 0.753. The van der Waals surface area contributed by atoms with Gasteiger partial charge < -0.3 is 4.74 Å². The smallest absolute Gasteiger partial charge is 0.270 e. The van der Waals surface area contributed by atoms with Gasteiger partial charge in [-0.05, 0) is 19.0 Å². The molecule has 0 radical (unpaired) electrons. The number of rotatable bonds is 5. The van der Waals surface area contributed by atoms with Crippen LogP contribution in [0.2, 0.25) is 0 Å². The second kappa shape index (κ2) is 7.24. The molecule has 0 N–H and O–H groups in total. The van der Waals surface area contributed by atoms with E-state index in [2.05, 4.69) is 4.90 Å². The maximum absolute atomic E-state index is 11.6. The van der Waals surface area contributed by atoms with E-state index in [1.807, 2.05) is 0 Å². The van der Waals surface area contributed by atoms with Gasteiger partial charge >= 0.3 is 0 Å². The van der Waals surface area contributed by atoms with Crippen LogP contribution in [0.5, 0.6) is 5.75 Å². The normalized spacial score (nSPS) is 17.7. The largest absolute Gasteiger partial charge is 0.496 e. The van der Waals surface area contributed by atoms with E-state index < -0.39 is 14.9 Å². The molecule has 9 heteroatoms. The lowest BCUT2D eigenvalue weighted by Gasteiger charge is -2.21. The van der Waals surface area contributed by atoms with E-state index >= 15 is 0 Å². The number of hydrogen-bond donors (Lipinski definition) is 0. The number of nitro benzene ring substituents is 1. The summed E-state index contributed by atoms with van der Waals surface area (Å²) in [5.74, 6) is 0.597. The molecule has 0 atom stereocenters. The zero-order chi connectivity index (χ0) is 17.0. The lowest BCUT2D eigenvalue weighted by molar-refractivity contribution is -0.385. The molecule has 1 aliphatic heterocycles. The Bertz CT molecular complexity index is 677. The average Bonchev–Trinajstić information content (AvgIpc) is 2.72. The van der Waals surface area contributed by atoms with E-state index in [0.717, 1.165) is 18.5 Å². The van der Waals surface area contributed by atoms with Crippen molar-refractivity contribution in [3.63, 3.8) is 0 Å². The first-order valence-electron chi connectivity index (χ1n) is 7.30. The zero-order valence-electron chi connectivity index (χ0n) is 13.3. The van der Waals surface area contributed by atoms with Crippen LogP contribution < -0.4 is 4.74 Å². The third kappa shape index (κ3) is 4.63. The predicted octanol–water partition coefficient (Wildman–Crippen LogP) is 1.07. The fourth-order valence-electron chi connectivity index (χ4n) is 2.68. The highest BCUT2D eigenvalue weighted by Crippen LogP contribution is 2.25. The number of nitrogens with zero attached hydrogens (tertiary/aromatic N) is 3. The standard InChI is InChI=1S/C14H21N3O5S/c1-22-14-5-4-13(17(18)19)10-12(14)11-15-6-3-7-16(9-8-15)23(2,20)21/h4-5,10H,3,6-9,11H2,1-2H3. The van der Waals surface area contributed by atoms with Crippen LogP contribution in [0.1, 0.15) is 12.0 Å². The van der Waals surface area contributed by atoms with Gasteiger partial charge in [-0.25, -0.2) is 12.7 Å². The summed E-state index contributed by atoms with van der Waals surface area (Å²) in [6.07, 6.45) is 1.94. The van der Waals surface area contributed by atoms with Crippen LogP contribution in [0.15, 0.2) is 18.2 Å². The van der Waals surface area contributed by atoms with Crippen molar-refractivity contribution in [2.24, 2.45) is 0 Å². The predicted molar refractivity (Wildman–Crippen MR) is 86.0 cm³/mol. The van der Waals surface area contributed by atoms with Gasteiger partial charge in [0, 0.05) is 43.9 Å². The molecule has 0 saturated carbocycles. The number of hydrogen-bond acceptors (Lipinski definition) is 6. The van der Waals surface area contributed by atoms with Crippen molar-refractivity contribution in [2.75, 3.05) is 39.5 Å². The van der Waals surface area contributed by atoms with Gasteiger partial charge in [0.25, 0.3) is 5.69 Å². The molecule has 0 unspecified atom stereocenters. The molecule has 1 aliphatic rings. The molecule has 0 bridgehead atoms. The molecule has 1 fully saturated rings. The second-order valence-corrected chi connectivity index (χ2v) is 7.53. The fourth-order valence-corrected chi connectivity index (χ4v) is 3.55. The van der Waals surface area contributed by atoms with E-state index in [1.165, 1.54) is 29.8 Å². The molecule has 8 nitrogen and oxygen atoms in total. The van der Waals surface area contributed by atoms with E-state index in [0.29, 0.717) is 31.9 Å². The molecule has 0 amide bonds. The Morgan fingerprint density at radius 3 is 2.61 bits per heavy atom. The van der Waals surface area contributed by atoms with Crippen molar-refractivity contribution in [1.82, 2.24) is 9.21 Å². The molecular weight excluding hydrogens is 322 g/mol. The number of benzene rings is 1. The summed E-state index contributed by atoms with van der Waals surface area (Å²) in [4.78, 5) is 12.6. The molecule has 1 aromatic rings. The van der Waals surface area contributed by atoms with Gasteiger partial charge in [0.05, 0.1) is 18.3 Å². The quantitative estimate of drug-likeness (QED) is 0.586. The zero-order valence-corrected chi connectivity index (χ0v) is 14.1. The van der Waals surface area contributed by atoms with Crippen LogP contribution in [0.4, 0.5) is 5.69 Å². The molecule has 1 aromatic carbocycles. The first kappa shape index (κ1) is 17.6. The van der Waals surface area contributed by atoms with E-state index in [4.69, 9.17) is 4.74 Å². The Balaban J connectivity index is 2.12. The number of non-ortho nitro benzene ring substituents is 1. The molecule has 1 saturated heterocycles. The van der Waals surface area contributed by atoms with Crippen LogP contribution in [0.25, 0.3) is 0 Å². The Morgan fingerprint density at radius 1 is 1.26 bits per heavy atom. The summed E-state index contributed by atoms with van der Waals surface area (Å²) in [6, 6.07) is 4.52. The summed E-state index contributed by atoms with van der Waals surface area (Å²) >= 11 is 0. The number of methoxy groups -OCH3 is 1. The molecular formula is C14H21N3O5S. The van der Waals surface area contributed by atoms with Crippen LogP contribution in [-0.4, -0.2) is 62.1 Å². The van der Waals surface area contributed by atoms with Gasteiger partial charge in [-0.2, -0.15) is 0 Å². The molecule has 1 heterocycles. The SMILES string of the molecule is COc1ccc([N+](=O)[O-])cc1CN1CCCN(S(C)(=O)=O)CC1. The lowest BCUT2D eigenvalue weighted by Crippen LogP contribution is -2.34. The van der Waals surface area contributed by atoms with Gasteiger partial charge in [0.15, 0.2) is 0 Å². The Kier molecular flexibility index (Phi) is 5.55. The van der Waals surface area contributed by atoms with Crippen molar-refractivity contribution < 1.29 is 18.1 Å². The third-order valence-corrected chi connectivity index (χ3v) is 5.19. The minimum atomic E-state index is -3.18. The Hall–Kier alpha value is -1.71. The van der Waals surface area contributed by atoms with Gasteiger partial charge in [0.1, 0.15) is 5.75 Å². The van der Waals surface area contributed by atoms with Crippen molar-refractivity contribution in [3.05, 3.63) is 33.9 Å². The second-order valence-electron chi connectivity index (χ2n) is 5.55. The first-order chi connectivity index (χ1) is 10.8. The minimum absolute atomic E-state index is 0.0217. The van der Waals surface area contributed by atoms with Gasteiger partial charge in [-0.3, -0.25) is 15.0 Å². The highest BCUT2D eigenvalue weighted by Gasteiger charge is 2.22. The van der Waals surface area contributed by atoms with Crippen LogP contribution >= 0.6 is 0 Å². The monoisotopic (exact) mass is 343 g/mol. The van der Waals surface area contributed by atoms with Gasteiger partial charge in [0.2, 0.25) is 10.0 Å². The van der Waals surface area contributed by atoms with Crippen LogP contribution in [0, 0.1) is 10.1 Å². The van der Waals surface area contributed by atoms with Crippen molar-refractivity contribution in [2.45, 2.75) is 13.0 Å². The lowest BCUT2D eigenvalue weighted by atomic mass is 10.1. The Morgan fingerprint density at radius 2 is 2.00 bits per heavy atom. The van der Waals surface area contributed by atoms with E-state index in [1.54, 1.807) is 6.07 Å². The molecule has 128 valence electrons. The van der Waals surface area contributed by atoms with Crippen LogP contribution in [0.3, 0.4) is 0 Å². The van der Waals surface area contributed by atoms with Crippen molar-refractivity contribution in [1.29, 1.82) is 0 Å². The van der Waals surface area contributed by atoms with Gasteiger partial charge in [-0.15, -0.1) is 0 Å². The fraction of sp³-hybridized carbons (Fsp3) is 0.571. The average molecular weight is 343 g/mol. The summed E-state index contributed by atoms with van der Waals surface area (Å²) in [5, 5.41) is 10.9. The third-order valence-electron chi connectivity index (χ3n) is 3.89. The van der Waals surface area contributed by atoms with Gasteiger partial charge in [-0.1, -0.05) is 0 Å². The van der Waals surface area contributed by atoms with Crippen molar-refractivity contribution >= 4 is 15.7 Å². The summed E-state index contributed by atoms with van der Waals surface area (Å²) < 4.78 is 30.0. The summed E-state index contributed by atoms with van der Waals surface area (Å²) in [7, 11) is -1.66. The number of sulfonamides is 1. The molecule has 23 heavy (non-hydrogen) atoms.